The van der Waals surface area contributed by atoms with Crippen LogP contribution in [0.3, 0.4) is 0 Å². The summed E-state index contributed by atoms with van der Waals surface area (Å²) in [7, 11) is -1.19. The molecule has 62 valence electrons. The van der Waals surface area contributed by atoms with Crippen LogP contribution in [0.5, 0.6) is 0 Å². The lowest BCUT2D eigenvalue weighted by Crippen LogP contribution is -2.43. The van der Waals surface area contributed by atoms with Gasteiger partial charge in [0.15, 0.2) is 0 Å². The highest BCUT2D eigenvalue weighted by Gasteiger charge is 2.24. The molecule has 0 aliphatic carbocycles. The van der Waals surface area contributed by atoms with Gasteiger partial charge >= 0.3 is 0 Å². The summed E-state index contributed by atoms with van der Waals surface area (Å²) >= 11 is 0. The minimum Gasteiger partial charge on any atom is -0.0939 e. The van der Waals surface area contributed by atoms with E-state index in [1.165, 1.54) is 5.56 Å². The zero-order chi connectivity index (χ0) is 8.60. The molecule has 0 saturated heterocycles. The molecule has 0 aromatic heterocycles. The molecule has 2 rings (SSSR count). The van der Waals surface area contributed by atoms with Crippen LogP contribution in [0.1, 0.15) is 5.56 Å². The van der Waals surface area contributed by atoms with Gasteiger partial charge in [-0.05, 0) is 12.0 Å². The third-order valence-electron chi connectivity index (χ3n) is 2.58. The van der Waals surface area contributed by atoms with Gasteiger partial charge in [0.2, 0.25) is 0 Å². The molecule has 1 aliphatic heterocycles. The van der Waals surface area contributed by atoms with Crippen molar-refractivity contribution in [2.75, 3.05) is 0 Å². The second kappa shape index (κ2) is 2.59. The van der Waals surface area contributed by atoms with Gasteiger partial charge in [0.05, 0.1) is 0 Å². The molecule has 0 radical (unpaired) electrons. The van der Waals surface area contributed by atoms with E-state index in [2.05, 4.69) is 49.1 Å². The fraction of sp³-hybridized carbons (Fsp3) is 0.273. The summed E-state index contributed by atoms with van der Waals surface area (Å²) in [6, 6.07) is 8.86. The number of hydrogen-bond donors (Lipinski definition) is 0. The first kappa shape index (κ1) is 7.81. The fourth-order valence-corrected chi connectivity index (χ4v) is 4.32. The predicted molar refractivity (Wildman–Crippen MR) is 56.4 cm³/mol. The van der Waals surface area contributed by atoms with Gasteiger partial charge in [0.1, 0.15) is 8.07 Å². The second-order valence-corrected chi connectivity index (χ2v) is 8.30. The molecular weight excluding hydrogens is 160 g/mol. The van der Waals surface area contributed by atoms with Gasteiger partial charge in [-0.25, -0.2) is 0 Å². The van der Waals surface area contributed by atoms with Crippen molar-refractivity contribution in [1.82, 2.24) is 0 Å². The van der Waals surface area contributed by atoms with Crippen LogP contribution in [0.25, 0.3) is 0 Å². The molecule has 12 heavy (non-hydrogen) atoms. The average molecular weight is 174 g/mol. The van der Waals surface area contributed by atoms with Gasteiger partial charge < -0.3 is 0 Å². The van der Waals surface area contributed by atoms with Crippen LogP contribution in [-0.4, -0.2) is 8.07 Å². The van der Waals surface area contributed by atoms with Crippen molar-refractivity contribution < 1.29 is 0 Å². The summed E-state index contributed by atoms with van der Waals surface area (Å²) in [6.07, 6.45) is 3.46. The maximum atomic E-state index is 2.44. The summed E-state index contributed by atoms with van der Waals surface area (Å²) in [6.45, 7) is 4.81. The Balaban J connectivity index is 2.58. The standard InChI is InChI=1S/C11H14Si/c1-12(2)9-5-7-10-6-3-4-8-11(10)12/h3-6,8-9H,7H2,1-2H3. The van der Waals surface area contributed by atoms with E-state index < -0.39 is 8.07 Å². The molecule has 0 fully saturated rings. The molecule has 0 saturated carbocycles. The van der Waals surface area contributed by atoms with Crippen LogP contribution >= 0.6 is 0 Å². The minimum absolute atomic E-state index is 1.13. The zero-order valence-electron chi connectivity index (χ0n) is 7.67. The van der Waals surface area contributed by atoms with Crippen LogP contribution in [0.2, 0.25) is 13.1 Å². The van der Waals surface area contributed by atoms with Crippen LogP contribution in [0.15, 0.2) is 36.0 Å². The first-order valence-corrected chi connectivity index (χ1v) is 7.54. The Morgan fingerprint density at radius 2 is 1.92 bits per heavy atom. The highest BCUT2D eigenvalue weighted by molar-refractivity contribution is 6.94. The van der Waals surface area contributed by atoms with Gasteiger partial charge in [-0.1, -0.05) is 54.3 Å². The van der Waals surface area contributed by atoms with Crippen molar-refractivity contribution in [1.29, 1.82) is 0 Å². The van der Waals surface area contributed by atoms with E-state index in [-0.39, 0.29) is 0 Å². The molecular formula is C11H14Si. The highest BCUT2D eigenvalue weighted by atomic mass is 28.3. The van der Waals surface area contributed by atoms with E-state index >= 15 is 0 Å². The van der Waals surface area contributed by atoms with E-state index in [0.29, 0.717) is 0 Å². The van der Waals surface area contributed by atoms with Gasteiger partial charge in [0, 0.05) is 0 Å². The summed E-state index contributed by atoms with van der Waals surface area (Å²) < 4.78 is 0. The van der Waals surface area contributed by atoms with Crippen LogP contribution < -0.4 is 5.19 Å². The maximum Gasteiger partial charge on any atom is 0.104 e. The summed E-state index contributed by atoms with van der Waals surface area (Å²) in [5.74, 6) is 0. The van der Waals surface area contributed by atoms with E-state index in [9.17, 15) is 0 Å². The number of hydrogen-bond acceptors (Lipinski definition) is 0. The average Bonchev–Trinajstić information content (AvgIpc) is 2.04. The third kappa shape index (κ3) is 1.14. The maximum absolute atomic E-state index is 2.44. The Labute approximate surface area is 74.9 Å². The van der Waals surface area contributed by atoms with E-state index in [1.807, 2.05) is 0 Å². The SMILES string of the molecule is C[Si]1(C)C=CCc2ccccc21. The first-order valence-electron chi connectivity index (χ1n) is 4.46. The van der Waals surface area contributed by atoms with Crippen LogP contribution in [0.4, 0.5) is 0 Å². The Kier molecular flexibility index (Phi) is 1.69. The minimum atomic E-state index is -1.19. The molecule has 1 aromatic carbocycles. The van der Waals surface area contributed by atoms with Crippen molar-refractivity contribution in [3.63, 3.8) is 0 Å². The van der Waals surface area contributed by atoms with Crippen LogP contribution in [-0.2, 0) is 6.42 Å². The molecule has 0 unspecified atom stereocenters. The van der Waals surface area contributed by atoms with Crippen LogP contribution in [0, 0.1) is 0 Å². The monoisotopic (exact) mass is 174 g/mol. The largest absolute Gasteiger partial charge is 0.104 e. The number of allylic oxidation sites excluding steroid dienone is 1. The van der Waals surface area contributed by atoms with Crippen molar-refractivity contribution in [3.05, 3.63) is 41.6 Å². The normalized spacial score (nSPS) is 18.8. The molecule has 0 amide bonds. The molecule has 0 spiro atoms. The number of benzene rings is 1. The lowest BCUT2D eigenvalue weighted by atomic mass is 10.1. The van der Waals surface area contributed by atoms with Gasteiger partial charge in [-0.15, -0.1) is 0 Å². The predicted octanol–water partition coefficient (Wildman–Crippen LogP) is 2.25. The lowest BCUT2D eigenvalue weighted by Gasteiger charge is -2.25. The Bertz CT molecular complexity index is 324. The van der Waals surface area contributed by atoms with E-state index in [4.69, 9.17) is 0 Å². The molecule has 1 heteroatoms. The lowest BCUT2D eigenvalue weighted by molar-refractivity contribution is 1.27. The third-order valence-corrected chi connectivity index (χ3v) is 5.53. The number of fused-ring (bicyclic) bond motifs is 1. The molecule has 1 aliphatic rings. The summed E-state index contributed by atoms with van der Waals surface area (Å²) in [5.41, 5.74) is 3.98. The van der Waals surface area contributed by atoms with E-state index in [1.54, 1.807) is 5.19 Å². The quantitative estimate of drug-likeness (QED) is 0.529. The van der Waals surface area contributed by atoms with Gasteiger partial charge in [0.25, 0.3) is 0 Å². The highest BCUT2D eigenvalue weighted by Crippen LogP contribution is 2.14. The van der Waals surface area contributed by atoms with E-state index in [0.717, 1.165) is 6.42 Å². The molecule has 0 bridgehead atoms. The summed E-state index contributed by atoms with van der Waals surface area (Å²) in [5, 5.41) is 1.62. The van der Waals surface area contributed by atoms with Crippen molar-refractivity contribution >= 4 is 13.3 Å². The summed E-state index contributed by atoms with van der Waals surface area (Å²) in [4.78, 5) is 0. The Hall–Kier alpha value is -0.823. The molecule has 1 aromatic rings. The molecule has 1 heterocycles. The Morgan fingerprint density at radius 3 is 2.67 bits per heavy atom. The first-order chi connectivity index (χ1) is 5.70. The van der Waals surface area contributed by atoms with Gasteiger partial charge in [-0.2, -0.15) is 0 Å². The van der Waals surface area contributed by atoms with Crippen molar-refractivity contribution in [2.45, 2.75) is 19.5 Å². The van der Waals surface area contributed by atoms with Crippen molar-refractivity contribution in [3.8, 4) is 0 Å². The second-order valence-electron chi connectivity index (χ2n) is 3.99. The topological polar surface area (TPSA) is 0 Å². The van der Waals surface area contributed by atoms with Crippen molar-refractivity contribution in [2.24, 2.45) is 0 Å². The molecule has 0 N–H and O–H groups in total. The number of rotatable bonds is 0. The Morgan fingerprint density at radius 1 is 1.17 bits per heavy atom. The fourth-order valence-electron chi connectivity index (χ4n) is 1.90. The smallest absolute Gasteiger partial charge is 0.0939 e. The van der Waals surface area contributed by atoms with Gasteiger partial charge in [-0.3, -0.25) is 0 Å². The molecule has 0 atom stereocenters. The molecule has 0 nitrogen and oxygen atoms in total. The zero-order valence-corrected chi connectivity index (χ0v) is 8.67.